The highest BCUT2D eigenvalue weighted by Gasteiger charge is 2.56. The Balaban J connectivity index is 1.73. The highest BCUT2D eigenvalue weighted by atomic mass is 16.6. The van der Waals surface area contributed by atoms with Crippen LogP contribution >= 0.6 is 0 Å². The number of allylic oxidation sites excluding steroid dienone is 3. The molecule has 0 unspecified atom stereocenters. The van der Waals surface area contributed by atoms with Crippen molar-refractivity contribution >= 4 is 0 Å². The Morgan fingerprint density at radius 2 is 0.795 bits per heavy atom. The van der Waals surface area contributed by atoms with Gasteiger partial charge in [0.15, 0.2) is 18.3 Å². The number of hydrogen-bond acceptors (Lipinski definition) is 7. The minimum atomic E-state index is -0.590. The first-order chi connectivity index (χ1) is 21.7. The molecular formula is C37H44O7. The Morgan fingerprint density at radius 1 is 0.455 bits per heavy atom. The standard InChI is InChI=1S/C37H44O7/c1-5-22-39-32-33(40-23-6-2)36(44-27-30-18-20-31(38-4)21-19-30)37(43-26-29-16-12-9-13-17-29)34(41-24-7-3)35(32)42-25-28-14-10-8-11-15-28/h5-24,32-37H,25-27H2,1-4H3/t32-,33-,34-,35-,36+,37+/m0/s1. The van der Waals surface area contributed by atoms with E-state index in [1.807, 2.05) is 124 Å². The fourth-order valence-electron chi connectivity index (χ4n) is 5.11. The van der Waals surface area contributed by atoms with E-state index < -0.39 is 36.6 Å². The van der Waals surface area contributed by atoms with Crippen LogP contribution in [0.3, 0.4) is 0 Å². The Bertz CT molecular complexity index is 1290. The van der Waals surface area contributed by atoms with Crippen LogP contribution in [0.15, 0.2) is 122 Å². The van der Waals surface area contributed by atoms with Gasteiger partial charge < -0.3 is 33.2 Å². The predicted molar refractivity (Wildman–Crippen MR) is 171 cm³/mol. The lowest BCUT2D eigenvalue weighted by molar-refractivity contribution is -0.264. The summed E-state index contributed by atoms with van der Waals surface area (Å²) in [5, 5.41) is 0. The van der Waals surface area contributed by atoms with E-state index in [9.17, 15) is 0 Å². The topological polar surface area (TPSA) is 64.6 Å². The van der Waals surface area contributed by atoms with Gasteiger partial charge >= 0.3 is 0 Å². The van der Waals surface area contributed by atoms with Crippen LogP contribution in [0, 0.1) is 0 Å². The number of ether oxygens (including phenoxy) is 7. The summed E-state index contributed by atoms with van der Waals surface area (Å²) in [7, 11) is 1.65. The fraction of sp³-hybridized carbons (Fsp3) is 0.351. The highest BCUT2D eigenvalue weighted by molar-refractivity contribution is 5.26. The van der Waals surface area contributed by atoms with Gasteiger partial charge in [0.1, 0.15) is 24.1 Å². The van der Waals surface area contributed by atoms with Crippen LogP contribution in [-0.4, -0.2) is 43.7 Å². The van der Waals surface area contributed by atoms with E-state index in [0.29, 0.717) is 19.8 Å². The monoisotopic (exact) mass is 600 g/mol. The fourth-order valence-corrected chi connectivity index (χ4v) is 5.11. The van der Waals surface area contributed by atoms with E-state index in [-0.39, 0.29) is 0 Å². The van der Waals surface area contributed by atoms with Crippen LogP contribution in [0.25, 0.3) is 0 Å². The van der Waals surface area contributed by atoms with Gasteiger partial charge in [-0.2, -0.15) is 0 Å². The van der Waals surface area contributed by atoms with Gasteiger partial charge in [0.05, 0.1) is 45.7 Å². The van der Waals surface area contributed by atoms with Crippen molar-refractivity contribution in [3.63, 3.8) is 0 Å². The van der Waals surface area contributed by atoms with E-state index in [4.69, 9.17) is 33.2 Å². The third-order valence-electron chi connectivity index (χ3n) is 7.23. The summed E-state index contributed by atoms with van der Waals surface area (Å²) in [6.45, 7) is 6.75. The van der Waals surface area contributed by atoms with Gasteiger partial charge in [0, 0.05) is 0 Å². The first-order valence-corrected chi connectivity index (χ1v) is 15.0. The van der Waals surface area contributed by atoms with E-state index in [0.717, 1.165) is 22.4 Å². The Labute approximate surface area is 261 Å². The van der Waals surface area contributed by atoms with Crippen molar-refractivity contribution in [3.8, 4) is 5.75 Å². The van der Waals surface area contributed by atoms with Crippen molar-refractivity contribution in [2.24, 2.45) is 0 Å². The predicted octanol–water partition coefficient (Wildman–Crippen LogP) is 7.52. The van der Waals surface area contributed by atoms with Crippen molar-refractivity contribution < 1.29 is 33.2 Å². The maximum atomic E-state index is 6.70. The Kier molecular flexibility index (Phi) is 13.4. The van der Waals surface area contributed by atoms with Crippen LogP contribution in [0.2, 0.25) is 0 Å². The van der Waals surface area contributed by atoms with Crippen molar-refractivity contribution in [2.45, 2.75) is 77.2 Å². The minimum absolute atomic E-state index is 0.317. The first kappa shape index (κ1) is 32.9. The third-order valence-corrected chi connectivity index (χ3v) is 7.23. The normalized spacial score (nSPS) is 23.7. The summed E-state index contributed by atoms with van der Waals surface area (Å²) >= 11 is 0. The second-order valence-corrected chi connectivity index (χ2v) is 10.4. The van der Waals surface area contributed by atoms with Gasteiger partial charge in [-0.1, -0.05) is 91.0 Å². The lowest BCUT2D eigenvalue weighted by Crippen LogP contribution is -2.66. The molecule has 0 aromatic heterocycles. The quantitative estimate of drug-likeness (QED) is 0.158. The first-order valence-electron chi connectivity index (χ1n) is 15.0. The number of rotatable bonds is 16. The smallest absolute Gasteiger partial charge is 0.167 e. The van der Waals surface area contributed by atoms with E-state index in [2.05, 4.69) is 0 Å². The molecule has 7 nitrogen and oxygen atoms in total. The summed E-state index contributed by atoms with van der Waals surface area (Å²) in [4.78, 5) is 0. The van der Waals surface area contributed by atoms with Gasteiger partial charge in [-0.3, -0.25) is 0 Å². The van der Waals surface area contributed by atoms with Crippen molar-refractivity contribution in [1.82, 2.24) is 0 Å². The van der Waals surface area contributed by atoms with Crippen LogP contribution in [-0.2, 0) is 48.2 Å². The van der Waals surface area contributed by atoms with Gasteiger partial charge in [0.2, 0.25) is 0 Å². The summed E-state index contributed by atoms with van der Waals surface area (Å²) in [5.41, 5.74) is 3.05. The molecule has 0 saturated heterocycles. The molecule has 3 aromatic rings. The minimum Gasteiger partial charge on any atom is -0.497 e. The SMILES string of the molecule is CC=CO[C@H]1[C@H](OC=CC)[C@@H](OCc2ccc(OC)cc2)[C@H](OCc2ccccc2)[C@@H](OC=CC)[C@H]1OCc1ccccc1. The zero-order chi connectivity index (χ0) is 31.0. The third kappa shape index (κ3) is 9.23. The van der Waals surface area contributed by atoms with E-state index >= 15 is 0 Å². The molecule has 1 fully saturated rings. The molecular weight excluding hydrogens is 556 g/mol. The molecule has 0 spiro atoms. The molecule has 44 heavy (non-hydrogen) atoms. The Morgan fingerprint density at radius 3 is 1.16 bits per heavy atom. The lowest BCUT2D eigenvalue weighted by atomic mass is 9.83. The molecule has 0 amide bonds. The number of methoxy groups -OCH3 is 1. The molecule has 1 saturated carbocycles. The second kappa shape index (κ2) is 17.9. The molecule has 0 bridgehead atoms. The van der Waals surface area contributed by atoms with Crippen LogP contribution < -0.4 is 4.74 Å². The molecule has 0 heterocycles. The van der Waals surface area contributed by atoms with Gasteiger partial charge in [-0.15, -0.1) is 0 Å². The molecule has 1 aliphatic rings. The van der Waals surface area contributed by atoms with E-state index in [1.165, 1.54) is 0 Å². The number of hydrogen-bond donors (Lipinski definition) is 0. The average Bonchev–Trinajstić information content (AvgIpc) is 3.07. The average molecular weight is 601 g/mol. The summed E-state index contributed by atoms with van der Waals surface area (Å²) in [6, 6.07) is 27.9. The summed E-state index contributed by atoms with van der Waals surface area (Å²) in [5.74, 6) is 0.780. The van der Waals surface area contributed by atoms with Gasteiger partial charge in [-0.05, 0) is 49.6 Å². The van der Waals surface area contributed by atoms with Crippen LogP contribution in [0.5, 0.6) is 5.75 Å². The molecule has 7 heteroatoms. The Hall–Kier alpha value is -4.04. The molecule has 234 valence electrons. The van der Waals surface area contributed by atoms with Crippen LogP contribution in [0.1, 0.15) is 37.5 Å². The largest absolute Gasteiger partial charge is 0.497 e. The molecule has 0 aliphatic heterocycles. The van der Waals surface area contributed by atoms with Crippen molar-refractivity contribution in [2.75, 3.05) is 7.11 Å². The van der Waals surface area contributed by atoms with E-state index in [1.54, 1.807) is 25.9 Å². The second-order valence-electron chi connectivity index (χ2n) is 10.4. The molecule has 0 N–H and O–H groups in total. The molecule has 3 aromatic carbocycles. The number of benzene rings is 3. The zero-order valence-electron chi connectivity index (χ0n) is 26.0. The molecule has 4 rings (SSSR count). The van der Waals surface area contributed by atoms with Crippen molar-refractivity contribution in [1.29, 1.82) is 0 Å². The van der Waals surface area contributed by atoms with Gasteiger partial charge in [-0.25, -0.2) is 0 Å². The van der Waals surface area contributed by atoms with Gasteiger partial charge in [0.25, 0.3) is 0 Å². The zero-order valence-corrected chi connectivity index (χ0v) is 26.0. The summed E-state index contributed by atoms with van der Waals surface area (Å²) in [6.07, 6.45) is 7.03. The lowest BCUT2D eigenvalue weighted by Gasteiger charge is -2.48. The van der Waals surface area contributed by atoms with Crippen LogP contribution in [0.4, 0.5) is 0 Å². The summed E-state index contributed by atoms with van der Waals surface area (Å²) < 4.78 is 44.5. The maximum Gasteiger partial charge on any atom is 0.167 e. The molecule has 1 aliphatic carbocycles. The maximum absolute atomic E-state index is 6.70. The highest BCUT2D eigenvalue weighted by Crippen LogP contribution is 2.36. The molecule has 6 atom stereocenters. The molecule has 0 radical (unpaired) electrons. The van der Waals surface area contributed by atoms with Crippen molar-refractivity contribution in [3.05, 3.63) is 139 Å².